The number of aliphatic carboxylic acids is 1. The molecule has 5 heteroatoms. The van der Waals surface area contributed by atoms with E-state index < -0.39 is 5.97 Å². The fourth-order valence-corrected chi connectivity index (χ4v) is 2.90. The van der Waals surface area contributed by atoms with Gasteiger partial charge in [-0.3, -0.25) is 4.79 Å². The molecule has 0 unspecified atom stereocenters. The minimum absolute atomic E-state index is 0.0271. The summed E-state index contributed by atoms with van der Waals surface area (Å²) >= 11 is 1.43. The number of ether oxygens (including phenoxy) is 1. The molecule has 0 amide bonds. The van der Waals surface area contributed by atoms with Gasteiger partial charge in [-0.25, -0.2) is 4.98 Å². The molecule has 0 bridgehead atoms. The van der Waals surface area contributed by atoms with Crippen LogP contribution in [-0.2, 0) is 11.2 Å². The van der Waals surface area contributed by atoms with Crippen LogP contribution in [-0.4, -0.2) is 23.2 Å². The van der Waals surface area contributed by atoms with Gasteiger partial charge in [0.25, 0.3) is 0 Å². The highest BCUT2D eigenvalue weighted by Crippen LogP contribution is 2.30. The molecule has 0 fully saturated rings. The maximum Gasteiger partial charge on any atom is 0.310 e. The first-order valence-electron chi connectivity index (χ1n) is 5.84. The number of carboxylic acids is 1. The number of carboxylic acid groups (broad SMARTS) is 1. The maximum atomic E-state index is 10.7. The summed E-state index contributed by atoms with van der Waals surface area (Å²) in [5.41, 5.74) is 2.88. The Hall–Kier alpha value is -1.88. The standard InChI is InChI=1S/C14H15NO3S/c1-8-6-10(4-5-11(8)18-3)14-9(2)19-12(15-14)7-13(16)17/h4-6H,7H2,1-3H3,(H,16,17). The number of thiazole rings is 1. The van der Waals surface area contributed by atoms with Gasteiger partial charge in [0.05, 0.1) is 19.2 Å². The predicted octanol–water partition coefficient (Wildman–Crippen LogP) is 3.06. The average molecular weight is 277 g/mol. The molecule has 0 aliphatic carbocycles. The molecule has 2 aromatic rings. The van der Waals surface area contributed by atoms with Crippen molar-refractivity contribution in [2.24, 2.45) is 0 Å². The van der Waals surface area contributed by atoms with Gasteiger partial charge in [-0.05, 0) is 37.6 Å². The van der Waals surface area contributed by atoms with E-state index in [-0.39, 0.29) is 6.42 Å². The lowest BCUT2D eigenvalue weighted by Crippen LogP contribution is -1.99. The van der Waals surface area contributed by atoms with Crippen LogP contribution in [0.2, 0.25) is 0 Å². The monoisotopic (exact) mass is 277 g/mol. The number of methoxy groups -OCH3 is 1. The van der Waals surface area contributed by atoms with E-state index in [1.165, 1.54) is 11.3 Å². The molecule has 19 heavy (non-hydrogen) atoms. The first-order chi connectivity index (χ1) is 9.01. The van der Waals surface area contributed by atoms with Crippen LogP contribution in [0.15, 0.2) is 18.2 Å². The molecule has 0 saturated heterocycles. The van der Waals surface area contributed by atoms with E-state index in [0.717, 1.165) is 27.4 Å². The number of nitrogens with zero attached hydrogens (tertiary/aromatic N) is 1. The van der Waals surface area contributed by atoms with Crippen LogP contribution < -0.4 is 4.74 Å². The largest absolute Gasteiger partial charge is 0.496 e. The van der Waals surface area contributed by atoms with Gasteiger partial charge in [-0.1, -0.05) is 0 Å². The number of rotatable bonds is 4. The molecule has 0 aliphatic rings. The highest BCUT2D eigenvalue weighted by atomic mass is 32.1. The molecule has 1 heterocycles. The second kappa shape index (κ2) is 5.40. The second-order valence-electron chi connectivity index (χ2n) is 4.27. The summed E-state index contributed by atoms with van der Waals surface area (Å²) in [6.07, 6.45) is -0.0271. The summed E-state index contributed by atoms with van der Waals surface area (Å²) in [6, 6.07) is 5.85. The minimum Gasteiger partial charge on any atom is -0.496 e. The van der Waals surface area contributed by atoms with E-state index in [1.54, 1.807) is 7.11 Å². The summed E-state index contributed by atoms with van der Waals surface area (Å²) in [6.45, 7) is 3.93. The lowest BCUT2D eigenvalue weighted by molar-refractivity contribution is -0.136. The van der Waals surface area contributed by atoms with E-state index in [9.17, 15) is 4.79 Å². The Morgan fingerprint density at radius 1 is 1.42 bits per heavy atom. The smallest absolute Gasteiger partial charge is 0.310 e. The molecule has 100 valence electrons. The highest BCUT2D eigenvalue weighted by Gasteiger charge is 2.13. The van der Waals surface area contributed by atoms with E-state index in [4.69, 9.17) is 9.84 Å². The number of hydrogen-bond acceptors (Lipinski definition) is 4. The molecule has 0 radical (unpaired) electrons. The van der Waals surface area contributed by atoms with Gasteiger partial charge in [0.2, 0.25) is 0 Å². The SMILES string of the molecule is COc1ccc(-c2nc(CC(=O)O)sc2C)cc1C. The van der Waals surface area contributed by atoms with Crippen molar-refractivity contribution in [3.05, 3.63) is 33.6 Å². The van der Waals surface area contributed by atoms with Gasteiger partial charge in [-0.2, -0.15) is 0 Å². The van der Waals surface area contributed by atoms with Gasteiger partial charge in [0.15, 0.2) is 0 Å². The molecule has 1 N–H and O–H groups in total. The molecular formula is C14H15NO3S. The number of hydrogen-bond donors (Lipinski definition) is 1. The molecule has 0 atom stereocenters. The first-order valence-corrected chi connectivity index (χ1v) is 6.66. The Kier molecular flexibility index (Phi) is 3.85. The lowest BCUT2D eigenvalue weighted by Gasteiger charge is -2.06. The lowest BCUT2D eigenvalue weighted by atomic mass is 10.1. The Bertz CT molecular complexity index is 619. The van der Waals surface area contributed by atoms with Crippen LogP contribution in [0.1, 0.15) is 15.4 Å². The molecular weight excluding hydrogens is 262 g/mol. The number of carbonyl (C=O) groups is 1. The zero-order chi connectivity index (χ0) is 14.0. The molecule has 1 aromatic carbocycles. The molecule has 0 spiro atoms. The van der Waals surface area contributed by atoms with Gasteiger partial charge in [0, 0.05) is 10.4 Å². The summed E-state index contributed by atoms with van der Waals surface area (Å²) < 4.78 is 5.23. The van der Waals surface area contributed by atoms with Crippen molar-refractivity contribution >= 4 is 17.3 Å². The predicted molar refractivity (Wildman–Crippen MR) is 74.9 cm³/mol. The van der Waals surface area contributed by atoms with E-state index in [1.807, 2.05) is 32.0 Å². The first kappa shape index (κ1) is 13.5. The third-order valence-corrected chi connectivity index (χ3v) is 3.78. The van der Waals surface area contributed by atoms with Crippen LogP contribution in [0.5, 0.6) is 5.75 Å². The normalized spacial score (nSPS) is 10.5. The van der Waals surface area contributed by atoms with Crippen molar-refractivity contribution in [3.63, 3.8) is 0 Å². The van der Waals surface area contributed by atoms with Crippen molar-refractivity contribution < 1.29 is 14.6 Å². The van der Waals surface area contributed by atoms with Crippen molar-refractivity contribution in [2.45, 2.75) is 20.3 Å². The van der Waals surface area contributed by atoms with Crippen LogP contribution in [0.4, 0.5) is 0 Å². The van der Waals surface area contributed by atoms with E-state index in [0.29, 0.717) is 5.01 Å². The topological polar surface area (TPSA) is 59.4 Å². The summed E-state index contributed by atoms with van der Waals surface area (Å²) in [4.78, 5) is 16.2. The number of aryl methyl sites for hydroxylation is 2. The van der Waals surface area contributed by atoms with Crippen LogP contribution in [0.3, 0.4) is 0 Å². The number of benzene rings is 1. The van der Waals surface area contributed by atoms with Crippen molar-refractivity contribution in [1.29, 1.82) is 0 Å². The van der Waals surface area contributed by atoms with Crippen molar-refractivity contribution in [3.8, 4) is 17.0 Å². The van der Waals surface area contributed by atoms with E-state index in [2.05, 4.69) is 4.98 Å². The number of aromatic nitrogens is 1. The van der Waals surface area contributed by atoms with Crippen LogP contribution >= 0.6 is 11.3 Å². The van der Waals surface area contributed by atoms with E-state index >= 15 is 0 Å². The van der Waals surface area contributed by atoms with Crippen LogP contribution in [0.25, 0.3) is 11.3 Å². The zero-order valence-electron chi connectivity index (χ0n) is 11.1. The average Bonchev–Trinajstić information content (AvgIpc) is 2.69. The zero-order valence-corrected chi connectivity index (χ0v) is 11.9. The third-order valence-electron chi connectivity index (χ3n) is 2.81. The molecule has 4 nitrogen and oxygen atoms in total. The minimum atomic E-state index is -0.855. The van der Waals surface area contributed by atoms with Gasteiger partial charge < -0.3 is 9.84 Å². The molecule has 0 aliphatic heterocycles. The fourth-order valence-electron chi connectivity index (χ4n) is 1.95. The highest BCUT2D eigenvalue weighted by molar-refractivity contribution is 7.12. The van der Waals surface area contributed by atoms with Gasteiger partial charge in [-0.15, -0.1) is 11.3 Å². The van der Waals surface area contributed by atoms with Gasteiger partial charge >= 0.3 is 5.97 Å². The Labute approximate surface area is 115 Å². The third kappa shape index (κ3) is 2.93. The Morgan fingerprint density at radius 2 is 2.16 bits per heavy atom. The van der Waals surface area contributed by atoms with Gasteiger partial charge in [0.1, 0.15) is 10.8 Å². The molecule has 1 aromatic heterocycles. The molecule has 0 saturated carbocycles. The van der Waals surface area contributed by atoms with Crippen molar-refractivity contribution in [2.75, 3.05) is 7.11 Å². The maximum absolute atomic E-state index is 10.7. The second-order valence-corrected chi connectivity index (χ2v) is 5.56. The quantitative estimate of drug-likeness (QED) is 0.933. The summed E-state index contributed by atoms with van der Waals surface area (Å²) in [5.74, 6) is -0.0198. The van der Waals surface area contributed by atoms with Crippen molar-refractivity contribution in [1.82, 2.24) is 4.98 Å². The Morgan fingerprint density at radius 3 is 2.74 bits per heavy atom. The Balaban J connectivity index is 2.38. The summed E-state index contributed by atoms with van der Waals surface area (Å²) in [5, 5.41) is 9.43. The fraction of sp³-hybridized carbons (Fsp3) is 0.286. The van der Waals surface area contributed by atoms with Crippen LogP contribution in [0, 0.1) is 13.8 Å². The summed E-state index contributed by atoms with van der Waals surface area (Å²) in [7, 11) is 1.64. The molecule has 2 rings (SSSR count).